The Bertz CT molecular complexity index is 680. The van der Waals surface area contributed by atoms with Crippen molar-refractivity contribution in [2.75, 3.05) is 31.1 Å². The molecular weight excluding hydrogens is 363 g/mol. The van der Waals surface area contributed by atoms with Crippen LogP contribution >= 0.6 is 15.9 Å². The van der Waals surface area contributed by atoms with E-state index < -0.39 is 0 Å². The molecule has 1 saturated heterocycles. The third kappa shape index (κ3) is 3.55. The van der Waals surface area contributed by atoms with Crippen molar-refractivity contribution in [1.82, 2.24) is 14.7 Å². The van der Waals surface area contributed by atoms with Gasteiger partial charge in [-0.15, -0.1) is 0 Å². The standard InChI is InChI=1S/C16H18BrFN4O/c1-12(22-11-13(17)10-19-22)16(23)21-8-6-20(7-9-21)15-4-2-14(18)3-5-15/h2-5,10-12H,6-9H2,1H3. The average Bonchev–Trinajstić information content (AvgIpc) is 3.01. The Morgan fingerprint density at radius 2 is 1.87 bits per heavy atom. The van der Waals surface area contributed by atoms with Gasteiger partial charge in [0.2, 0.25) is 5.91 Å². The Morgan fingerprint density at radius 1 is 1.22 bits per heavy atom. The van der Waals surface area contributed by atoms with Crippen molar-refractivity contribution in [3.63, 3.8) is 0 Å². The van der Waals surface area contributed by atoms with Gasteiger partial charge in [0.15, 0.2) is 0 Å². The summed E-state index contributed by atoms with van der Waals surface area (Å²) in [5.74, 6) is -0.166. The lowest BCUT2D eigenvalue weighted by atomic mass is 10.2. The second-order valence-electron chi connectivity index (χ2n) is 5.60. The van der Waals surface area contributed by atoms with Gasteiger partial charge >= 0.3 is 0 Å². The normalized spacial score (nSPS) is 16.5. The second-order valence-corrected chi connectivity index (χ2v) is 6.52. The second kappa shape index (κ2) is 6.70. The first-order valence-electron chi connectivity index (χ1n) is 7.53. The number of carbonyl (C=O) groups is 1. The summed E-state index contributed by atoms with van der Waals surface area (Å²) in [6.45, 7) is 4.65. The molecule has 2 aromatic rings. The first-order chi connectivity index (χ1) is 11.0. The third-order valence-electron chi connectivity index (χ3n) is 4.11. The molecule has 1 fully saturated rings. The van der Waals surface area contributed by atoms with Crippen LogP contribution in [0.3, 0.4) is 0 Å². The highest BCUT2D eigenvalue weighted by Gasteiger charge is 2.26. The molecule has 3 rings (SSSR count). The van der Waals surface area contributed by atoms with E-state index in [1.54, 1.807) is 29.2 Å². The van der Waals surface area contributed by atoms with E-state index in [4.69, 9.17) is 0 Å². The molecule has 0 aliphatic carbocycles. The zero-order valence-electron chi connectivity index (χ0n) is 12.8. The molecular formula is C16H18BrFN4O. The summed E-state index contributed by atoms with van der Waals surface area (Å²) < 4.78 is 15.5. The zero-order valence-corrected chi connectivity index (χ0v) is 14.4. The fourth-order valence-electron chi connectivity index (χ4n) is 2.74. The molecule has 1 aromatic heterocycles. The average molecular weight is 381 g/mol. The largest absolute Gasteiger partial charge is 0.368 e. The van der Waals surface area contributed by atoms with Crippen LogP contribution in [-0.2, 0) is 4.79 Å². The number of rotatable bonds is 3. The maximum atomic E-state index is 13.0. The molecule has 7 heteroatoms. The summed E-state index contributed by atoms with van der Waals surface area (Å²) in [4.78, 5) is 16.6. The summed E-state index contributed by atoms with van der Waals surface area (Å²) in [5.41, 5.74) is 0.988. The molecule has 0 N–H and O–H groups in total. The Balaban J connectivity index is 1.60. The van der Waals surface area contributed by atoms with E-state index in [0.29, 0.717) is 13.1 Å². The van der Waals surface area contributed by atoms with Gasteiger partial charge in [-0.05, 0) is 47.1 Å². The zero-order chi connectivity index (χ0) is 16.4. The number of halogens is 2. The number of hydrogen-bond donors (Lipinski definition) is 0. The lowest BCUT2D eigenvalue weighted by Gasteiger charge is -2.37. The summed E-state index contributed by atoms with van der Waals surface area (Å²) in [7, 11) is 0. The Kier molecular flexibility index (Phi) is 4.66. The van der Waals surface area contributed by atoms with E-state index >= 15 is 0 Å². The van der Waals surface area contributed by atoms with Gasteiger partial charge in [0, 0.05) is 38.1 Å². The van der Waals surface area contributed by atoms with Crippen LogP contribution in [0.5, 0.6) is 0 Å². The van der Waals surface area contributed by atoms with Crippen molar-refractivity contribution >= 4 is 27.5 Å². The van der Waals surface area contributed by atoms with E-state index in [9.17, 15) is 9.18 Å². The number of anilines is 1. The van der Waals surface area contributed by atoms with E-state index in [-0.39, 0.29) is 17.8 Å². The van der Waals surface area contributed by atoms with Gasteiger partial charge in [0.1, 0.15) is 11.9 Å². The van der Waals surface area contributed by atoms with Crippen LogP contribution in [0.4, 0.5) is 10.1 Å². The number of aromatic nitrogens is 2. The number of piperazine rings is 1. The molecule has 0 spiro atoms. The minimum Gasteiger partial charge on any atom is -0.368 e. The third-order valence-corrected chi connectivity index (χ3v) is 4.52. The van der Waals surface area contributed by atoms with Gasteiger partial charge < -0.3 is 9.80 Å². The number of nitrogens with zero attached hydrogens (tertiary/aromatic N) is 4. The highest BCUT2D eigenvalue weighted by molar-refractivity contribution is 9.10. The summed E-state index contributed by atoms with van der Waals surface area (Å²) >= 11 is 3.34. The minimum absolute atomic E-state index is 0.0688. The molecule has 1 amide bonds. The number of amides is 1. The van der Waals surface area contributed by atoms with Crippen LogP contribution < -0.4 is 4.90 Å². The lowest BCUT2D eigenvalue weighted by molar-refractivity contribution is -0.134. The van der Waals surface area contributed by atoms with Crippen molar-refractivity contribution < 1.29 is 9.18 Å². The molecule has 23 heavy (non-hydrogen) atoms. The van der Waals surface area contributed by atoms with Gasteiger partial charge in [-0.1, -0.05) is 0 Å². The first-order valence-corrected chi connectivity index (χ1v) is 8.33. The van der Waals surface area contributed by atoms with E-state index in [0.717, 1.165) is 23.2 Å². The number of carbonyl (C=O) groups excluding carboxylic acids is 1. The Hall–Kier alpha value is -1.89. The summed E-state index contributed by atoms with van der Waals surface area (Å²) in [5, 5.41) is 4.18. The van der Waals surface area contributed by atoms with Crippen molar-refractivity contribution in [2.24, 2.45) is 0 Å². The van der Waals surface area contributed by atoms with E-state index in [1.165, 1.54) is 12.1 Å². The molecule has 2 heterocycles. The summed E-state index contributed by atoms with van der Waals surface area (Å²) in [6.07, 6.45) is 3.48. The Morgan fingerprint density at radius 3 is 2.43 bits per heavy atom. The molecule has 122 valence electrons. The highest BCUT2D eigenvalue weighted by atomic mass is 79.9. The molecule has 1 atom stereocenters. The summed E-state index contributed by atoms with van der Waals surface area (Å²) in [6, 6.07) is 6.15. The fourth-order valence-corrected chi connectivity index (χ4v) is 3.04. The predicted molar refractivity (Wildman–Crippen MR) is 89.8 cm³/mol. The van der Waals surface area contributed by atoms with Gasteiger partial charge in [-0.3, -0.25) is 9.48 Å². The molecule has 1 unspecified atom stereocenters. The maximum absolute atomic E-state index is 13.0. The fraction of sp³-hybridized carbons (Fsp3) is 0.375. The SMILES string of the molecule is CC(C(=O)N1CCN(c2ccc(F)cc2)CC1)n1cc(Br)cn1. The van der Waals surface area contributed by atoms with Gasteiger partial charge in [-0.25, -0.2) is 4.39 Å². The van der Waals surface area contributed by atoms with Crippen molar-refractivity contribution in [3.05, 3.63) is 46.9 Å². The van der Waals surface area contributed by atoms with Crippen LogP contribution in [-0.4, -0.2) is 46.8 Å². The quantitative estimate of drug-likeness (QED) is 0.821. The van der Waals surface area contributed by atoms with Crippen LogP contribution in [0.15, 0.2) is 41.1 Å². The van der Waals surface area contributed by atoms with Crippen molar-refractivity contribution in [3.8, 4) is 0 Å². The minimum atomic E-state index is -0.321. The maximum Gasteiger partial charge on any atom is 0.247 e. The van der Waals surface area contributed by atoms with Crippen LogP contribution in [0.25, 0.3) is 0 Å². The molecule has 1 aromatic carbocycles. The van der Waals surface area contributed by atoms with Crippen molar-refractivity contribution in [1.29, 1.82) is 0 Å². The molecule has 1 aliphatic heterocycles. The smallest absolute Gasteiger partial charge is 0.247 e. The number of hydrogen-bond acceptors (Lipinski definition) is 3. The molecule has 0 radical (unpaired) electrons. The van der Waals surface area contributed by atoms with Gasteiger partial charge in [0.05, 0.1) is 10.7 Å². The van der Waals surface area contributed by atoms with Gasteiger partial charge in [-0.2, -0.15) is 5.10 Å². The monoisotopic (exact) mass is 380 g/mol. The van der Waals surface area contributed by atoms with E-state index in [1.807, 2.05) is 11.8 Å². The molecule has 1 aliphatic rings. The topological polar surface area (TPSA) is 41.4 Å². The Labute approximate surface area is 142 Å². The molecule has 0 saturated carbocycles. The van der Waals surface area contributed by atoms with Gasteiger partial charge in [0.25, 0.3) is 0 Å². The van der Waals surface area contributed by atoms with Crippen LogP contribution in [0.2, 0.25) is 0 Å². The van der Waals surface area contributed by atoms with E-state index in [2.05, 4.69) is 25.9 Å². The highest BCUT2D eigenvalue weighted by Crippen LogP contribution is 2.19. The van der Waals surface area contributed by atoms with Crippen LogP contribution in [0, 0.1) is 5.82 Å². The molecule has 0 bridgehead atoms. The predicted octanol–water partition coefficient (Wildman–Crippen LogP) is 2.69. The lowest BCUT2D eigenvalue weighted by Crippen LogP contribution is -2.50. The molecule has 5 nitrogen and oxygen atoms in total. The number of benzene rings is 1. The van der Waals surface area contributed by atoms with Crippen LogP contribution in [0.1, 0.15) is 13.0 Å². The van der Waals surface area contributed by atoms with Crippen molar-refractivity contribution in [2.45, 2.75) is 13.0 Å². The first kappa shape index (κ1) is 16.0.